The minimum absolute atomic E-state index is 0.0471. The van der Waals surface area contributed by atoms with Crippen molar-refractivity contribution in [2.24, 2.45) is 4.99 Å². The van der Waals surface area contributed by atoms with Gasteiger partial charge in [0.2, 0.25) is 0 Å². The van der Waals surface area contributed by atoms with Gasteiger partial charge in [-0.1, -0.05) is 74.5 Å². The Hall–Kier alpha value is -3.11. The van der Waals surface area contributed by atoms with E-state index >= 15 is 0 Å². The number of amidine groups is 1. The quantitative estimate of drug-likeness (QED) is 0.412. The first-order valence-corrected chi connectivity index (χ1v) is 11.3. The second kappa shape index (κ2) is 8.94. The highest BCUT2D eigenvalue weighted by atomic mass is 32.2. The summed E-state index contributed by atoms with van der Waals surface area (Å²) in [5.74, 6) is 0.433. The molecule has 0 atom stereocenters. The smallest absolute Gasteiger partial charge is 0.268 e. The average molecular weight is 427 g/mol. The molecule has 1 aliphatic heterocycles. The molecule has 4 heteroatoms. The van der Waals surface area contributed by atoms with E-state index in [0.29, 0.717) is 16.0 Å². The number of benzene rings is 3. The maximum atomic E-state index is 13.4. The van der Waals surface area contributed by atoms with E-state index in [4.69, 9.17) is 4.99 Å². The Labute approximate surface area is 188 Å². The molecular formula is C27H26N2OS. The summed E-state index contributed by atoms with van der Waals surface area (Å²) in [5.41, 5.74) is 6.23. The number of para-hydroxylation sites is 2. The standard InChI is InChI=1S/C27H26N2OS/c1-18(2)22-15-13-21(14-16-22)17-24-26(30)29(23-11-6-5-7-12-23)27(31-24)28-25-19(3)9-8-10-20(25)4/h5-18H,1-4H3. The number of aryl methyl sites for hydroxylation is 2. The first kappa shape index (κ1) is 21.1. The molecule has 156 valence electrons. The van der Waals surface area contributed by atoms with Crippen molar-refractivity contribution in [2.45, 2.75) is 33.6 Å². The van der Waals surface area contributed by atoms with E-state index < -0.39 is 0 Å². The number of hydrogen-bond donors (Lipinski definition) is 0. The molecule has 1 saturated heterocycles. The summed E-state index contributed by atoms with van der Waals surface area (Å²) in [5, 5.41) is 0.679. The fraction of sp³-hybridized carbons (Fsp3) is 0.185. The van der Waals surface area contributed by atoms with Gasteiger partial charge in [0.25, 0.3) is 5.91 Å². The predicted octanol–water partition coefficient (Wildman–Crippen LogP) is 7.24. The number of carbonyl (C=O) groups is 1. The molecule has 31 heavy (non-hydrogen) atoms. The Kier molecular flexibility index (Phi) is 6.10. The van der Waals surface area contributed by atoms with Crippen molar-refractivity contribution < 1.29 is 4.79 Å². The molecule has 0 bridgehead atoms. The average Bonchev–Trinajstić information content (AvgIpc) is 3.06. The van der Waals surface area contributed by atoms with Gasteiger partial charge in [-0.05, 0) is 72.0 Å². The van der Waals surface area contributed by atoms with E-state index in [0.717, 1.165) is 28.1 Å². The van der Waals surface area contributed by atoms with Crippen LogP contribution < -0.4 is 4.90 Å². The summed E-state index contributed by atoms with van der Waals surface area (Å²) in [6, 6.07) is 24.2. The van der Waals surface area contributed by atoms with Crippen molar-refractivity contribution in [2.75, 3.05) is 4.90 Å². The van der Waals surface area contributed by atoms with Crippen LogP contribution in [0.4, 0.5) is 11.4 Å². The van der Waals surface area contributed by atoms with Crippen LogP contribution in [0.2, 0.25) is 0 Å². The van der Waals surface area contributed by atoms with Crippen molar-refractivity contribution in [3.63, 3.8) is 0 Å². The van der Waals surface area contributed by atoms with Gasteiger partial charge in [-0.25, -0.2) is 4.99 Å². The lowest BCUT2D eigenvalue weighted by atomic mass is 10.0. The van der Waals surface area contributed by atoms with E-state index in [1.165, 1.54) is 17.3 Å². The van der Waals surface area contributed by atoms with Crippen molar-refractivity contribution in [3.8, 4) is 0 Å². The summed E-state index contributed by atoms with van der Waals surface area (Å²) in [7, 11) is 0. The Balaban J connectivity index is 1.77. The Morgan fingerprint density at radius 2 is 1.52 bits per heavy atom. The highest BCUT2D eigenvalue weighted by Crippen LogP contribution is 2.38. The van der Waals surface area contributed by atoms with Gasteiger partial charge >= 0.3 is 0 Å². The number of carbonyl (C=O) groups excluding carboxylic acids is 1. The van der Waals surface area contributed by atoms with Gasteiger partial charge in [-0.15, -0.1) is 0 Å². The fourth-order valence-electron chi connectivity index (χ4n) is 3.56. The maximum absolute atomic E-state index is 13.4. The van der Waals surface area contributed by atoms with Gasteiger partial charge in [0, 0.05) is 0 Å². The number of nitrogens with zero attached hydrogens (tertiary/aromatic N) is 2. The summed E-state index contributed by atoms with van der Waals surface area (Å²) >= 11 is 1.43. The zero-order chi connectivity index (χ0) is 22.0. The Morgan fingerprint density at radius 3 is 2.13 bits per heavy atom. The third-order valence-electron chi connectivity index (χ3n) is 5.37. The first-order valence-electron chi connectivity index (χ1n) is 10.5. The molecular weight excluding hydrogens is 400 g/mol. The van der Waals surface area contributed by atoms with E-state index in [9.17, 15) is 4.79 Å². The molecule has 1 amide bonds. The molecule has 1 heterocycles. The molecule has 0 spiro atoms. The van der Waals surface area contributed by atoms with Crippen molar-refractivity contribution in [3.05, 3.63) is 100.0 Å². The van der Waals surface area contributed by atoms with E-state index in [1.807, 2.05) is 68.5 Å². The number of hydrogen-bond acceptors (Lipinski definition) is 3. The largest absolute Gasteiger partial charge is 0.271 e. The zero-order valence-electron chi connectivity index (χ0n) is 18.3. The number of aliphatic imine (C=N–C) groups is 1. The van der Waals surface area contributed by atoms with Crippen molar-refractivity contribution in [1.29, 1.82) is 0 Å². The topological polar surface area (TPSA) is 32.7 Å². The normalized spacial score (nSPS) is 16.7. The second-order valence-electron chi connectivity index (χ2n) is 8.04. The van der Waals surface area contributed by atoms with Crippen LogP contribution >= 0.6 is 11.8 Å². The van der Waals surface area contributed by atoms with Crippen LogP contribution in [-0.2, 0) is 4.79 Å². The van der Waals surface area contributed by atoms with E-state index in [2.05, 4.69) is 38.1 Å². The molecule has 3 aromatic carbocycles. The number of anilines is 1. The summed E-state index contributed by atoms with van der Waals surface area (Å²) in [6.07, 6.45) is 1.96. The Bertz CT molecular complexity index is 1140. The molecule has 3 aromatic rings. The summed E-state index contributed by atoms with van der Waals surface area (Å²) < 4.78 is 0. The van der Waals surface area contributed by atoms with Crippen LogP contribution in [0.1, 0.15) is 42.0 Å². The first-order chi connectivity index (χ1) is 14.9. The number of rotatable bonds is 4. The molecule has 0 unspecified atom stereocenters. The van der Waals surface area contributed by atoms with Gasteiger partial charge in [0.05, 0.1) is 16.3 Å². The van der Waals surface area contributed by atoms with Crippen LogP contribution in [-0.4, -0.2) is 11.1 Å². The van der Waals surface area contributed by atoms with E-state index in [1.54, 1.807) is 4.90 Å². The molecule has 4 rings (SSSR count). The van der Waals surface area contributed by atoms with Crippen LogP contribution in [0.5, 0.6) is 0 Å². The lowest BCUT2D eigenvalue weighted by Crippen LogP contribution is -2.28. The van der Waals surface area contributed by atoms with Gasteiger partial charge in [0.1, 0.15) is 0 Å². The third kappa shape index (κ3) is 4.49. The molecule has 1 fully saturated rings. The van der Waals surface area contributed by atoms with Gasteiger partial charge < -0.3 is 0 Å². The molecule has 0 aliphatic carbocycles. The van der Waals surface area contributed by atoms with Crippen molar-refractivity contribution in [1.82, 2.24) is 0 Å². The molecule has 0 radical (unpaired) electrons. The van der Waals surface area contributed by atoms with Gasteiger partial charge in [0.15, 0.2) is 5.17 Å². The molecule has 0 saturated carbocycles. The molecule has 3 nitrogen and oxygen atoms in total. The van der Waals surface area contributed by atoms with Crippen molar-refractivity contribution >= 4 is 40.3 Å². The monoisotopic (exact) mass is 426 g/mol. The lowest BCUT2D eigenvalue weighted by Gasteiger charge is -2.16. The van der Waals surface area contributed by atoms with Gasteiger partial charge in [-0.2, -0.15) is 0 Å². The van der Waals surface area contributed by atoms with Crippen LogP contribution in [0.25, 0.3) is 6.08 Å². The summed E-state index contributed by atoms with van der Waals surface area (Å²) in [4.78, 5) is 20.7. The molecule has 0 N–H and O–H groups in total. The highest BCUT2D eigenvalue weighted by molar-refractivity contribution is 8.19. The summed E-state index contributed by atoms with van der Waals surface area (Å²) in [6.45, 7) is 8.46. The predicted molar refractivity (Wildman–Crippen MR) is 133 cm³/mol. The highest BCUT2D eigenvalue weighted by Gasteiger charge is 2.34. The van der Waals surface area contributed by atoms with Crippen LogP contribution in [0.15, 0.2) is 82.7 Å². The fourth-order valence-corrected chi connectivity index (χ4v) is 4.55. The Morgan fingerprint density at radius 1 is 0.871 bits per heavy atom. The molecule has 0 aromatic heterocycles. The SMILES string of the molecule is Cc1cccc(C)c1N=C1SC(=Cc2ccc(C(C)C)cc2)C(=O)N1c1ccccc1. The third-order valence-corrected chi connectivity index (χ3v) is 6.34. The van der Waals surface area contributed by atoms with E-state index in [-0.39, 0.29) is 5.91 Å². The minimum Gasteiger partial charge on any atom is -0.268 e. The lowest BCUT2D eigenvalue weighted by molar-refractivity contribution is -0.113. The minimum atomic E-state index is -0.0471. The van der Waals surface area contributed by atoms with Crippen LogP contribution in [0.3, 0.4) is 0 Å². The number of thioether (sulfide) groups is 1. The molecule has 1 aliphatic rings. The maximum Gasteiger partial charge on any atom is 0.271 e. The van der Waals surface area contributed by atoms with Crippen LogP contribution in [0, 0.1) is 13.8 Å². The number of amides is 1. The van der Waals surface area contributed by atoms with Gasteiger partial charge in [-0.3, -0.25) is 9.69 Å². The zero-order valence-corrected chi connectivity index (χ0v) is 19.1. The second-order valence-corrected chi connectivity index (χ2v) is 9.05.